The van der Waals surface area contributed by atoms with Gasteiger partial charge in [0.25, 0.3) is 0 Å². The number of aliphatic hydroxyl groups is 1. The van der Waals surface area contributed by atoms with Crippen LogP contribution in [0, 0.1) is 0 Å². The van der Waals surface area contributed by atoms with Gasteiger partial charge in [-0.05, 0) is 0 Å². The van der Waals surface area contributed by atoms with Gasteiger partial charge in [0.2, 0.25) is 0 Å². The molecule has 1 heterocycles. The highest BCUT2D eigenvalue weighted by molar-refractivity contribution is 5.10. The van der Waals surface area contributed by atoms with Crippen LogP contribution in [0.15, 0.2) is 0 Å². The molecule has 1 aliphatic heterocycles. The summed E-state index contributed by atoms with van der Waals surface area (Å²) < 4.78 is 4.61. The Labute approximate surface area is 49.3 Å². The highest BCUT2D eigenvalue weighted by atomic mass is 16.6. The molecule has 1 aliphatic rings. The first-order valence-corrected chi connectivity index (χ1v) is 1.95. The molecule has 3 nitrogen and oxygen atoms in total. The lowest BCUT2D eigenvalue weighted by Gasteiger charge is -1.70. The fourth-order valence-corrected chi connectivity index (χ4v) is 0.173. The molecule has 0 amide bonds. The van der Waals surface area contributed by atoms with Crippen LogP contribution in [0.2, 0.25) is 0 Å². The van der Waals surface area contributed by atoms with Crippen LogP contribution >= 0.6 is 0 Å². The average molecular weight is 120 g/mol. The van der Waals surface area contributed by atoms with Gasteiger partial charge in [-0.1, -0.05) is 7.43 Å². The monoisotopic (exact) mass is 120 g/mol. The first kappa shape index (κ1) is 10.5. The lowest BCUT2D eigenvalue weighted by atomic mass is 10.5. The number of rotatable bonds is 1. The predicted octanol–water partition coefficient (Wildman–Crippen LogP) is -0.171. The van der Waals surface area contributed by atoms with Crippen molar-refractivity contribution in [1.29, 1.82) is 0 Å². The Morgan fingerprint density at radius 3 is 2.12 bits per heavy atom. The number of carbonyl (C=O) groups is 1. The Hall–Kier alpha value is -0.410. The predicted molar refractivity (Wildman–Crippen MR) is 30.7 cm³/mol. The summed E-state index contributed by atoms with van der Waals surface area (Å²) in [5, 5.41) is 8.08. The number of carbonyl (C=O) groups excluding carboxylic acids is 1. The van der Waals surface area contributed by atoms with Gasteiger partial charge in [0.15, 0.2) is 0 Å². The van der Waals surface area contributed by atoms with Gasteiger partial charge in [0.05, 0.1) is 13.2 Å². The number of epoxide rings is 1. The molecule has 50 valence electrons. The van der Waals surface area contributed by atoms with Crippen molar-refractivity contribution in [3.8, 4) is 0 Å². The van der Waals surface area contributed by atoms with E-state index in [1.807, 2.05) is 6.79 Å². The van der Waals surface area contributed by atoms with Crippen LogP contribution in [-0.2, 0) is 9.53 Å². The molecule has 0 spiro atoms. The number of ether oxygens (including phenoxy) is 1. The first-order valence-electron chi connectivity index (χ1n) is 1.95. The molecule has 0 aliphatic carbocycles. The Morgan fingerprint density at radius 2 is 2.12 bits per heavy atom. The van der Waals surface area contributed by atoms with Crippen LogP contribution in [0.1, 0.15) is 7.43 Å². The third kappa shape index (κ3) is 5.59. The number of aliphatic hydroxyl groups excluding tert-OH is 1. The van der Waals surface area contributed by atoms with Crippen molar-refractivity contribution in [3.05, 3.63) is 0 Å². The van der Waals surface area contributed by atoms with Crippen LogP contribution in [0.3, 0.4) is 0 Å². The van der Waals surface area contributed by atoms with Gasteiger partial charge in [-0.15, -0.1) is 0 Å². The van der Waals surface area contributed by atoms with E-state index in [4.69, 9.17) is 9.90 Å². The molecule has 0 aromatic heterocycles. The van der Waals surface area contributed by atoms with Crippen molar-refractivity contribution in [3.63, 3.8) is 0 Å². The van der Waals surface area contributed by atoms with E-state index in [1.54, 1.807) is 0 Å². The molecule has 0 aromatic carbocycles. The normalized spacial score (nSPS) is 21.9. The van der Waals surface area contributed by atoms with Gasteiger partial charge >= 0.3 is 0 Å². The van der Waals surface area contributed by atoms with E-state index in [0.29, 0.717) is 0 Å². The van der Waals surface area contributed by atoms with Gasteiger partial charge in [-0.3, -0.25) is 0 Å². The fourth-order valence-electron chi connectivity index (χ4n) is 0.173. The summed E-state index contributed by atoms with van der Waals surface area (Å²) >= 11 is 0. The molecule has 0 aromatic rings. The second-order valence-electron chi connectivity index (χ2n) is 1.14. The van der Waals surface area contributed by atoms with E-state index < -0.39 is 0 Å². The van der Waals surface area contributed by atoms with Gasteiger partial charge in [-0.25, -0.2) is 0 Å². The zero-order valence-corrected chi connectivity index (χ0v) is 3.96. The van der Waals surface area contributed by atoms with Gasteiger partial charge in [0.1, 0.15) is 12.9 Å². The van der Waals surface area contributed by atoms with Crippen molar-refractivity contribution in [2.45, 2.75) is 13.5 Å². The van der Waals surface area contributed by atoms with Gasteiger partial charge < -0.3 is 14.6 Å². The number of hydrogen-bond donors (Lipinski definition) is 1. The highest BCUT2D eigenvalue weighted by Crippen LogP contribution is 2.04. The Balaban J connectivity index is 0. The molecule has 1 unspecified atom stereocenters. The standard InChI is InChI=1S/C3H6O2.CH2O.CH4/c4-1-3-2-5-3;1-2;/h3-4H,1-2H2;1H2;1H4. The van der Waals surface area contributed by atoms with Crippen LogP contribution in [0.5, 0.6) is 0 Å². The van der Waals surface area contributed by atoms with Crippen LogP contribution in [-0.4, -0.2) is 31.2 Å². The van der Waals surface area contributed by atoms with Gasteiger partial charge in [0, 0.05) is 0 Å². The third-order valence-electron chi connectivity index (χ3n) is 0.606. The molecule has 1 N–H and O–H groups in total. The largest absolute Gasteiger partial charge is 0.394 e. The van der Waals surface area contributed by atoms with E-state index in [9.17, 15) is 0 Å². The SMILES string of the molecule is C.C=O.OCC1CO1. The molecule has 1 atom stereocenters. The molecule has 3 heteroatoms. The first-order chi connectivity index (χ1) is 3.43. The van der Waals surface area contributed by atoms with Crippen LogP contribution < -0.4 is 0 Å². The number of hydrogen-bond acceptors (Lipinski definition) is 3. The zero-order valence-electron chi connectivity index (χ0n) is 3.96. The van der Waals surface area contributed by atoms with Crippen molar-refractivity contribution < 1.29 is 14.6 Å². The maximum absolute atomic E-state index is 8.08. The second-order valence-corrected chi connectivity index (χ2v) is 1.14. The molecule has 1 saturated heterocycles. The molecule has 0 radical (unpaired) electrons. The second kappa shape index (κ2) is 6.59. The highest BCUT2D eigenvalue weighted by Gasteiger charge is 2.19. The van der Waals surface area contributed by atoms with E-state index in [0.717, 1.165) is 6.61 Å². The minimum atomic E-state index is 0. The van der Waals surface area contributed by atoms with E-state index in [1.165, 1.54) is 0 Å². The summed E-state index contributed by atoms with van der Waals surface area (Å²) in [6, 6.07) is 0. The minimum Gasteiger partial charge on any atom is -0.394 e. The summed E-state index contributed by atoms with van der Waals surface area (Å²) in [7, 11) is 0. The molecule has 8 heavy (non-hydrogen) atoms. The summed E-state index contributed by atoms with van der Waals surface area (Å²) in [6.07, 6.45) is 0.190. The lowest BCUT2D eigenvalue weighted by Crippen LogP contribution is -1.88. The third-order valence-corrected chi connectivity index (χ3v) is 0.606. The van der Waals surface area contributed by atoms with Crippen molar-refractivity contribution in [1.82, 2.24) is 0 Å². The van der Waals surface area contributed by atoms with E-state index >= 15 is 0 Å². The molecular weight excluding hydrogens is 108 g/mol. The molecular formula is C5H12O3. The maximum atomic E-state index is 8.08. The van der Waals surface area contributed by atoms with Crippen molar-refractivity contribution >= 4 is 6.79 Å². The summed E-state index contributed by atoms with van der Waals surface area (Å²) in [6.45, 7) is 2.95. The quantitative estimate of drug-likeness (QED) is 0.489. The summed E-state index contributed by atoms with van der Waals surface area (Å²) in [5.74, 6) is 0. The van der Waals surface area contributed by atoms with E-state index in [-0.39, 0.29) is 20.1 Å². The van der Waals surface area contributed by atoms with E-state index in [2.05, 4.69) is 4.74 Å². The Kier molecular flexibility index (Phi) is 8.69. The molecule has 1 fully saturated rings. The summed E-state index contributed by atoms with van der Waals surface area (Å²) in [4.78, 5) is 8.00. The Bertz CT molecular complexity index is 42.9. The summed E-state index contributed by atoms with van der Waals surface area (Å²) in [5.41, 5.74) is 0. The van der Waals surface area contributed by atoms with Crippen molar-refractivity contribution in [2.75, 3.05) is 13.2 Å². The topological polar surface area (TPSA) is 49.8 Å². The van der Waals surface area contributed by atoms with Crippen molar-refractivity contribution in [2.24, 2.45) is 0 Å². The molecule has 1 rings (SSSR count). The smallest absolute Gasteiger partial charge is 0.106 e. The average Bonchev–Trinajstić information content (AvgIpc) is 2.52. The molecule has 0 saturated carbocycles. The zero-order chi connectivity index (χ0) is 5.70. The fraction of sp³-hybridized carbons (Fsp3) is 0.800. The Morgan fingerprint density at radius 1 is 1.75 bits per heavy atom. The molecule has 0 bridgehead atoms. The van der Waals surface area contributed by atoms with Crippen LogP contribution in [0.25, 0.3) is 0 Å². The maximum Gasteiger partial charge on any atom is 0.106 e. The lowest BCUT2D eigenvalue weighted by molar-refractivity contribution is -0.0979. The minimum absolute atomic E-state index is 0. The van der Waals surface area contributed by atoms with Crippen LogP contribution in [0.4, 0.5) is 0 Å². The van der Waals surface area contributed by atoms with Gasteiger partial charge in [-0.2, -0.15) is 0 Å².